The average Bonchev–Trinajstić information content (AvgIpc) is 3.13. The molecule has 1 saturated carbocycles. The fraction of sp³-hybridized carbons (Fsp3) is 0.214. The maximum atomic E-state index is 5.86. The predicted octanol–water partition coefficient (Wildman–Crippen LogP) is 2.63. The Balaban J connectivity index is 1.69. The lowest BCUT2D eigenvalue weighted by Gasteiger charge is -2.07. The summed E-state index contributed by atoms with van der Waals surface area (Å²) >= 11 is 0. The van der Waals surface area contributed by atoms with Gasteiger partial charge in [0.05, 0.1) is 5.69 Å². The summed E-state index contributed by atoms with van der Waals surface area (Å²) in [6.45, 7) is 0. The molecule has 2 atom stereocenters. The van der Waals surface area contributed by atoms with Crippen molar-refractivity contribution in [2.45, 2.75) is 18.4 Å². The van der Waals surface area contributed by atoms with E-state index in [0.717, 1.165) is 12.2 Å². The van der Waals surface area contributed by atoms with Gasteiger partial charge in [-0.05, 0) is 24.1 Å². The number of benzene rings is 1. The van der Waals surface area contributed by atoms with E-state index in [1.54, 1.807) is 6.20 Å². The van der Waals surface area contributed by atoms with Crippen molar-refractivity contribution in [3.63, 3.8) is 0 Å². The zero-order valence-electron chi connectivity index (χ0n) is 9.51. The highest BCUT2D eigenvalue weighted by Crippen LogP contribution is 2.42. The summed E-state index contributed by atoms with van der Waals surface area (Å²) in [7, 11) is 0. The Kier molecular flexibility index (Phi) is 2.44. The molecule has 3 heteroatoms. The van der Waals surface area contributed by atoms with Crippen molar-refractivity contribution in [2.75, 3.05) is 11.1 Å². The Morgan fingerprint density at radius 1 is 1.12 bits per heavy atom. The molecule has 0 spiro atoms. The van der Waals surface area contributed by atoms with E-state index in [1.165, 1.54) is 5.56 Å². The van der Waals surface area contributed by atoms with Crippen LogP contribution in [0.1, 0.15) is 17.9 Å². The molecule has 3 nitrogen and oxygen atoms in total. The van der Waals surface area contributed by atoms with Gasteiger partial charge in [0.2, 0.25) is 0 Å². The van der Waals surface area contributed by atoms with Gasteiger partial charge in [0.15, 0.2) is 0 Å². The minimum absolute atomic E-state index is 0.467. The zero-order chi connectivity index (χ0) is 11.7. The third-order valence-electron chi connectivity index (χ3n) is 3.18. The molecule has 0 radical (unpaired) electrons. The van der Waals surface area contributed by atoms with E-state index in [0.29, 0.717) is 17.6 Å². The standard InChI is InChI=1S/C14H15N3/c15-12-7-4-8-16-14(12)17-13-9-11(13)10-5-2-1-3-6-10/h1-8,11,13H,9,15H2,(H,16,17). The van der Waals surface area contributed by atoms with Crippen molar-refractivity contribution < 1.29 is 0 Å². The van der Waals surface area contributed by atoms with Crippen molar-refractivity contribution in [3.8, 4) is 0 Å². The number of hydrogen-bond donors (Lipinski definition) is 2. The number of pyridine rings is 1. The lowest BCUT2D eigenvalue weighted by molar-refractivity contribution is 1.03. The number of rotatable bonds is 3. The molecule has 3 rings (SSSR count). The first-order chi connectivity index (χ1) is 8.34. The Hall–Kier alpha value is -2.03. The van der Waals surface area contributed by atoms with Gasteiger partial charge in [-0.25, -0.2) is 4.98 Å². The highest BCUT2D eigenvalue weighted by Gasteiger charge is 2.38. The second-order valence-corrected chi connectivity index (χ2v) is 4.44. The fourth-order valence-corrected chi connectivity index (χ4v) is 2.14. The summed E-state index contributed by atoms with van der Waals surface area (Å²) in [6.07, 6.45) is 2.92. The number of nitrogens with one attached hydrogen (secondary N) is 1. The van der Waals surface area contributed by atoms with E-state index in [2.05, 4.69) is 34.6 Å². The van der Waals surface area contributed by atoms with Crippen molar-refractivity contribution in [1.82, 2.24) is 4.98 Å². The molecule has 1 fully saturated rings. The van der Waals surface area contributed by atoms with Crippen LogP contribution in [0.25, 0.3) is 0 Å². The van der Waals surface area contributed by atoms with Gasteiger partial charge in [-0.3, -0.25) is 0 Å². The van der Waals surface area contributed by atoms with Crippen LogP contribution in [0.2, 0.25) is 0 Å². The molecule has 1 aromatic heterocycles. The number of nitrogens with zero attached hydrogens (tertiary/aromatic N) is 1. The normalized spacial score (nSPS) is 22.1. The van der Waals surface area contributed by atoms with Crippen molar-refractivity contribution in [2.24, 2.45) is 0 Å². The van der Waals surface area contributed by atoms with E-state index in [1.807, 2.05) is 18.2 Å². The van der Waals surface area contributed by atoms with Crippen LogP contribution in [0, 0.1) is 0 Å². The molecule has 17 heavy (non-hydrogen) atoms. The molecular formula is C14H15N3. The second kappa shape index (κ2) is 4.09. The van der Waals surface area contributed by atoms with E-state index in [-0.39, 0.29) is 0 Å². The lowest BCUT2D eigenvalue weighted by Crippen LogP contribution is -2.07. The van der Waals surface area contributed by atoms with Crippen LogP contribution in [-0.4, -0.2) is 11.0 Å². The molecule has 1 aliphatic carbocycles. The van der Waals surface area contributed by atoms with Crippen molar-refractivity contribution >= 4 is 11.5 Å². The maximum Gasteiger partial charge on any atom is 0.149 e. The summed E-state index contributed by atoms with van der Waals surface area (Å²) < 4.78 is 0. The molecule has 0 saturated heterocycles. The van der Waals surface area contributed by atoms with Gasteiger partial charge in [-0.15, -0.1) is 0 Å². The van der Waals surface area contributed by atoms with E-state index in [9.17, 15) is 0 Å². The summed E-state index contributed by atoms with van der Waals surface area (Å²) in [5.41, 5.74) is 7.96. The first-order valence-electron chi connectivity index (χ1n) is 5.86. The monoisotopic (exact) mass is 225 g/mol. The van der Waals surface area contributed by atoms with E-state index >= 15 is 0 Å². The molecule has 3 N–H and O–H groups in total. The van der Waals surface area contributed by atoms with E-state index < -0.39 is 0 Å². The highest BCUT2D eigenvalue weighted by atomic mass is 15.1. The van der Waals surface area contributed by atoms with Gasteiger partial charge in [-0.1, -0.05) is 30.3 Å². The molecule has 0 aliphatic heterocycles. The Morgan fingerprint density at radius 2 is 1.94 bits per heavy atom. The Bertz CT molecular complexity index is 510. The molecule has 86 valence electrons. The number of nitrogens with two attached hydrogens (primary N) is 1. The van der Waals surface area contributed by atoms with Crippen LogP contribution in [0.4, 0.5) is 11.5 Å². The molecule has 0 amide bonds. The Morgan fingerprint density at radius 3 is 2.71 bits per heavy atom. The van der Waals surface area contributed by atoms with Crippen LogP contribution in [0.3, 0.4) is 0 Å². The molecule has 2 aromatic rings. The summed E-state index contributed by atoms with van der Waals surface area (Å²) in [6, 6.07) is 14.7. The molecule has 1 heterocycles. The molecule has 0 bridgehead atoms. The molecule has 1 aliphatic rings. The maximum absolute atomic E-state index is 5.86. The summed E-state index contributed by atoms with van der Waals surface area (Å²) in [5, 5.41) is 3.40. The van der Waals surface area contributed by atoms with Gasteiger partial charge in [0.1, 0.15) is 5.82 Å². The van der Waals surface area contributed by atoms with Gasteiger partial charge in [0.25, 0.3) is 0 Å². The Labute approximate surface area is 101 Å². The van der Waals surface area contributed by atoms with Gasteiger partial charge >= 0.3 is 0 Å². The van der Waals surface area contributed by atoms with Crippen molar-refractivity contribution in [3.05, 3.63) is 54.2 Å². The van der Waals surface area contributed by atoms with Crippen LogP contribution in [0.5, 0.6) is 0 Å². The van der Waals surface area contributed by atoms with E-state index in [4.69, 9.17) is 5.73 Å². The van der Waals surface area contributed by atoms with Crippen LogP contribution >= 0.6 is 0 Å². The lowest BCUT2D eigenvalue weighted by atomic mass is 10.1. The topological polar surface area (TPSA) is 50.9 Å². The average molecular weight is 225 g/mol. The minimum Gasteiger partial charge on any atom is -0.396 e. The fourth-order valence-electron chi connectivity index (χ4n) is 2.14. The molecule has 1 aromatic carbocycles. The number of hydrogen-bond acceptors (Lipinski definition) is 3. The third kappa shape index (κ3) is 2.09. The second-order valence-electron chi connectivity index (χ2n) is 4.44. The van der Waals surface area contributed by atoms with Crippen LogP contribution in [-0.2, 0) is 0 Å². The first-order valence-corrected chi connectivity index (χ1v) is 5.86. The quantitative estimate of drug-likeness (QED) is 0.844. The van der Waals surface area contributed by atoms with Crippen molar-refractivity contribution in [1.29, 1.82) is 0 Å². The minimum atomic E-state index is 0.467. The number of aromatic nitrogens is 1. The zero-order valence-corrected chi connectivity index (χ0v) is 9.51. The highest BCUT2D eigenvalue weighted by molar-refractivity contribution is 5.61. The largest absolute Gasteiger partial charge is 0.396 e. The van der Waals surface area contributed by atoms with Gasteiger partial charge in [0, 0.05) is 18.2 Å². The summed E-state index contributed by atoms with van der Waals surface area (Å²) in [5.74, 6) is 1.40. The van der Waals surface area contributed by atoms with Gasteiger partial charge in [-0.2, -0.15) is 0 Å². The molecular weight excluding hydrogens is 210 g/mol. The van der Waals surface area contributed by atoms with Gasteiger partial charge < -0.3 is 11.1 Å². The van der Waals surface area contributed by atoms with Crippen LogP contribution < -0.4 is 11.1 Å². The predicted molar refractivity (Wildman–Crippen MR) is 69.9 cm³/mol. The number of anilines is 2. The third-order valence-corrected chi connectivity index (χ3v) is 3.18. The smallest absolute Gasteiger partial charge is 0.149 e. The first kappa shape index (κ1) is 10.1. The summed E-state index contributed by atoms with van der Waals surface area (Å²) in [4.78, 5) is 4.25. The number of nitrogen functional groups attached to an aromatic ring is 1. The SMILES string of the molecule is Nc1cccnc1NC1CC1c1ccccc1. The molecule has 2 unspecified atom stereocenters. The van der Waals surface area contributed by atoms with Crippen LogP contribution in [0.15, 0.2) is 48.7 Å².